The fraction of sp³-hybridized carbons (Fsp3) is 0. The summed E-state index contributed by atoms with van der Waals surface area (Å²) in [6.07, 6.45) is 0. The third-order valence-corrected chi connectivity index (χ3v) is 7.84. The molecule has 0 saturated carbocycles. The van der Waals surface area contributed by atoms with Crippen molar-refractivity contribution >= 4 is 54.9 Å². The molecule has 0 aliphatic carbocycles. The molecule has 2 nitrogen and oxygen atoms in total. The maximum atomic E-state index is 6.08. The second-order valence-corrected chi connectivity index (χ2v) is 10.3. The predicted octanol–water partition coefficient (Wildman–Crippen LogP) is 11.0. The zero-order valence-electron chi connectivity index (χ0n) is 21.8. The second kappa shape index (κ2) is 9.14. The molecule has 2 heteroatoms. The molecule has 0 bridgehead atoms. The van der Waals surface area contributed by atoms with Crippen molar-refractivity contribution in [1.82, 2.24) is 0 Å². The van der Waals surface area contributed by atoms with E-state index >= 15 is 0 Å². The van der Waals surface area contributed by atoms with Gasteiger partial charge >= 0.3 is 0 Å². The molecule has 1 N–H and O–H groups in total. The van der Waals surface area contributed by atoms with Gasteiger partial charge in [-0.25, -0.2) is 0 Å². The highest BCUT2D eigenvalue weighted by molar-refractivity contribution is 6.12. The Morgan fingerprint density at radius 1 is 0.425 bits per heavy atom. The Bertz CT molecular complexity index is 2180. The molecule has 0 radical (unpaired) electrons. The van der Waals surface area contributed by atoms with E-state index in [1.54, 1.807) is 0 Å². The van der Waals surface area contributed by atoms with Gasteiger partial charge in [-0.05, 0) is 86.3 Å². The van der Waals surface area contributed by atoms with Crippen molar-refractivity contribution in [2.75, 3.05) is 5.32 Å². The van der Waals surface area contributed by atoms with Crippen LogP contribution in [0.1, 0.15) is 0 Å². The Labute approximate surface area is 232 Å². The summed E-state index contributed by atoms with van der Waals surface area (Å²) in [4.78, 5) is 0. The van der Waals surface area contributed by atoms with Gasteiger partial charge in [-0.2, -0.15) is 0 Å². The lowest BCUT2D eigenvalue weighted by Crippen LogP contribution is -1.91. The van der Waals surface area contributed by atoms with E-state index in [2.05, 4.69) is 127 Å². The molecule has 1 heterocycles. The summed E-state index contributed by atoms with van der Waals surface area (Å²) in [6.45, 7) is 0. The van der Waals surface area contributed by atoms with Crippen molar-refractivity contribution in [3.63, 3.8) is 0 Å². The molecular formula is C38H25NO. The normalized spacial score (nSPS) is 11.5. The molecule has 0 atom stereocenters. The van der Waals surface area contributed by atoms with E-state index in [1.165, 1.54) is 43.8 Å². The molecule has 0 amide bonds. The van der Waals surface area contributed by atoms with Crippen LogP contribution in [0.2, 0.25) is 0 Å². The number of rotatable bonds is 4. The van der Waals surface area contributed by atoms with Gasteiger partial charge in [0, 0.05) is 11.1 Å². The number of para-hydroxylation sites is 1. The van der Waals surface area contributed by atoms with E-state index in [0.29, 0.717) is 0 Å². The summed E-state index contributed by atoms with van der Waals surface area (Å²) in [7, 11) is 0. The van der Waals surface area contributed by atoms with Gasteiger partial charge in [0.15, 0.2) is 0 Å². The van der Waals surface area contributed by atoms with Crippen LogP contribution >= 0.6 is 0 Å². The van der Waals surface area contributed by atoms with Gasteiger partial charge in [-0.3, -0.25) is 0 Å². The average Bonchev–Trinajstić information content (AvgIpc) is 3.40. The minimum absolute atomic E-state index is 0.889. The standard InChI is InChI=1S/C38H25NO/c1-3-12-30-26(9-1)11-7-15-32(30)34-24-28(23-27-10-2-4-13-31(27)34)25-19-21-29(22-20-25)39-35-16-8-18-37-38(35)33-14-5-6-17-36(33)40-37/h1-24,39H. The fourth-order valence-electron chi connectivity index (χ4n) is 5.94. The summed E-state index contributed by atoms with van der Waals surface area (Å²) in [5, 5.41) is 10.9. The first kappa shape index (κ1) is 22.6. The van der Waals surface area contributed by atoms with Gasteiger partial charge in [0.2, 0.25) is 0 Å². The quantitative estimate of drug-likeness (QED) is 0.254. The zero-order chi connectivity index (χ0) is 26.5. The number of anilines is 2. The average molecular weight is 512 g/mol. The van der Waals surface area contributed by atoms with E-state index in [4.69, 9.17) is 4.42 Å². The molecule has 8 aromatic rings. The van der Waals surface area contributed by atoms with E-state index in [-0.39, 0.29) is 0 Å². The maximum Gasteiger partial charge on any atom is 0.137 e. The van der Waals surface area contributed by atoms with Crippen LogP contribution in [0.4, 0.5) is 11.4 Å². The summed E-state index contributed by atoms with van der Waals surface area (Å²) in [5.41, 5.74) is 8.78. The van der Waals surface area contributed by atoms with Crippen LogP contribution in [-0.4, -0.2) is 0 Å². The minimum Gasteiger partial charge on any atom is -0.456 e. The smallest absolute Gasteiger partial charge is 0.137 e. The van der Waals surface area contributed by atoms with Crippen LogP contribution in [0.3, 0.4) is 0 Å². The summed E-state index contributed by atoms with van der Waals surface area (Å²) in [5.74, 6) is 0. The van der Waals surface area contributed by atoms with E-state index in [0.717, 1.165) is 33.3 Å². The highest BCUT2D eigenvalue weighted by Gasteiger charge is 2.13. The number of furan rings is 1. The van der Waals surface area contributed by atoms with Gasteiger partial charge in [0.25, 0.3) is 0 Å². The lowest BCUT2D eigenvalue weighted by atomic mass is 9.90. The molecular weight excluding hydrogens is 486 g/mol. The molecule has 188 valence electrons. The Hall–Kier alpha value is -5.34. The minimum atomic E-state index is 0.889. The van der Waals surface area contributed by atoms with Crippen molar-refractivity contribution < 1.29 is 4.42 Å². The monoisotopic (exact) mass is 511 g/mol. The van der Waals surface area contributed by atoms with Crippen molar-refractivity contribution in [3.05, 3.63) is 146 Å². The highest BCUT2D eigenvalue weighted by atomic mass is 16.3. The number of hydrogen-bond donors (Lipinski definition) is 1. The third-order valence-electron chi connectivity index (χ3n) is 7.84. The van der Waals surface area contributed by atoms with E-state index in [9.17, 15) is 0 Å². The van der Waals surface area contributed by atoms with Crippen molar-refractivity contribution in [2.45, 2.75) is 0 Å². The van der Waals surface area contributed by atoms with Gasteiger partial charge in [0.1, 0.15) is 11.2 Å². The second-order valence-electron chi connectivity index (χ2n) is 10.3. The van der Waals surface area contributed by atoms with Crippen LogP contribution in [0.15, 0.2) is 150 Å². The van der Waals surface area contributed by atoms with E-state index in [1.807, 2.05) is 24.3 Å². The molecule has 7 aromatic carbocycles. The molecule has 0 spiro atoms. The summed E-state index contributed by atoms with van der Waals surface area (Å²) in [6, 6.07) is 51.6. The first-order valence-corrected chi connectivity index (χ1v) is 13.6. The number of benzene rings is 7. The van der Waals surface area contributed by atoms with Crippen molar-refractivity contribution in [3.8, 4) is 22.3 Å². The molecule has 40 heavy (non-hydrogen) atoms. The summed E-state index contributed by atoms with van der Waals surface area (Å²) >= 11 is 0. The van der Waals surface area contributed by atoms with Gasteiger partial charge < -0.3 is 9.73 Å². The fourth-order valence-corrected chi connectivity index (χ4v) is 5.94. The molecule has 1 aromatic heterocycles. The predicted molar refractivity (Wildman–Crippen MR) is 169 cm³/mol. The van der Waals surface area contributed by atoms with Crippen molar-refractivity contribution in [2.24, 2.45) is 0 Å². The molecule has 0 aliphatic rings. The van der Waals surface area contributed by atoms with Gasteiger partial charge in [0.05, 0.1) is 11.1 Å². The SMILES string of the molecule is c1ccc2c(-c3cc(-c4ccc(Nc5cccc6oc7ccccc7c56)cc4)cc4ccccc34)cccc2c1. The Kier molecular flexibility index (Phi) is 5.17. The molecule has 8 rings (SSSR count). The zero-order valence-corrected chi connectivity index (χ0v) is 21.8. The molecule has 0 saturated heterocycles. The Morgan fingerprint density at radius 2 is 1.07 bits per heavy atom. The first-order valence-electron chi connectivity index (χ1n) is 13.6. The number of nitrogens with one attached hydrogen (secondary N) is 1. The lowest BCUT2D eigenvalue weighted by Gasteiger charge is -2.14. The Morgan fingerprint density at radius 3 is 1.93 bits per heavy atom. The van der Waals surface area contributed by atoms with Gasteiger partial charge in [-0.15, -0.1) is 0 Å². The molecule has 0 aliphatic heterocycles. The molecule has 0 unspecified atom stereocenters. The van der Waals surface area contributed by atoms with Crippen LogP contribution in [0, 0.1) is 0 Å². The van der Waals surface area contributed by atoms with Crippen molar-refractivity contribution in [1.29, 1.82) is 0 Å². The lowest BCUT2D eigenvalue weighted by molar-refractivity contribution is 0.669. The third kappa shape index (κ3) is 3.73. The summed E-state index contributed by atoms with van der Waals surface area (Å²) < 4.78 is 6.08. The van der Waals surface area contributed by atoms with Crippen LogP contribution in [0.5, 0.6) is 0 Å². The maximum absolute atomic E-state index is 6.08. The topological polar surface area (TPSA) is 25.2 Å². The first-order chi connectivity index (χ1) is 19.8. The largest absolute Gasteiger partial charge is 0.456 e. The van der Waals surface area contributed by atoms with Gasteiger partial charge in [-0.1, -0.05) is 103 Å². The molecule has 0 fully saturated rings. The van der Waals surface area contributed by atoms with Crippen LogP contribution < -0.4 is 5.32 Å². The van der Waals surface area contributed by atoms with Crippen LogP contribution in [0.25, 0.3) is 65.7 Å². The number of hydrogen-bond acceptors (Lipinski definition) is 2. The number of fused-ring (bicyclic) bond motifs is 5. The Balaban J connectivity index is 1.21. The van der Waals surface area contributed by atoms with E-state index < -0.39 is 0 Å². The highest BCUT2D eigenvalue weighted by Crippen LogP contribution is 2.39. The van der Waals surface area contributed by atoms with Crippen LogP contribution in [-0.2, 0) is 0 Å².